The average Bonchev–Trinajstić information content (AvgIpc) is 2.56. The zero-order valence-electron chi connectivity index (χ0n) is 13.2. The summed E-state index contributed by atoms with van der Waals surface area (Å²) in [5.41, 5.74) is 2.93. The molecule has 0 atom stereocenters. The van der Waals surface area contributed by atoms with E-state index < -0.39 is 6.62 Å². The molecule has 3 saturated carbocycles. The molecule has 0 spiro atoms. The van der Waals surface area contributed by atoms with E-state index in [1.807, 2.05) is 0 Å². The molecule has 3 aliphatic carbocycles. The summed E-state index contributed by atoms with van der Waals surface area (Å²) >= 11 is 7.71. The molecule has 20 heavy (non-hydrogen) atoms. The van der Waals surface area contributed by atoms with Crippen LogP contribution in [0.25, 0.3) is 0 Å². The Morgan fingerprint density at radius 2 is 0.700 bits per heavy atom. The summed E-state index contributed by atoms with van der Waals surface area (Å²) in [5.74, 6) is 0. The molecule has 118 valence electrons. The molecule has 0 aromatic carbocycles. The third kappa shape index (κ3) is 3.22. The van der Waals surface area contributed by atoms with Crippen LogP contribution in [0.5, 0.6) is 0 Å². The van der Waals surface area contributed by atoms with Crippen LogP contribution in [0.4, 0.5) is 0 Å². The number of halogens is 1. The van der Waals surface area contributed by atoms with Gasteiger partial charge < -0.3 is 0 Å². The van der Waals surface area contributed by atoms with Gasteiger partial charge in [-0.2, -0.15) is 0 Å². The predicted molar refractivity (Wildman–Crippen MR) is 94.8 cm³/mol. The summed E-state index contributed by atoms with van der Waals surface area (Å²) in [6.45, 7) is -1.57. The Balaban J connectivity index is 1.79. The molecule has 0 aromatic rings. The standard InChI is InChI=1S/C18H34ClP/c19-20(16-10-4-1-5-11-16,17-12-6-2-7-13-17)18-14-8-3-9-15-18/h16-18,20H,1-15H2. The summed E-state index contributed by atoms with van der Waals surface area (Å²) in [4.78, 5) is 0. The van der Waals surface area contributed by atoms with Gasteiger partial charge in [-0.15, -0.1) is 0 Å². The monoisotopic (exact) mass is 316 g/mol. The molecule has 0 bridgehead atoms. The van der Waals surface area contributed by atoms with Crippen molar-refractivity contribution >= 4 is 17.9 Å². The maximum absolute atomic E-state index is 7.71. The van der Waals surface area contributed by atoms with E-state index in [0.29, 0.717) is 0 Å². The van der Waals surface area contributed by atoms with E-state index in [9.17, 15) is 0 Å². The van der Waals surface area contributed by atoms with E-state index in [0.717, 1.165) is 17.0 Å². The zero-order chi connectivity index (χ0) is 13.8. The Labute approximate surface area is 131 Å². The molecule has 0 heterocycles. The fraction of sp³-hybridized carbons (Fsp3) is 1.00. The summed E-state index contributed by atoms with van der Waals surface area (Å²) in [6, 6.07) is 0. The van der Waals surface area contributed by atoms with Crippen molar-refractivity contribution in [1.29, 1.82) is 0 Å². The second kappa shape index (κ2) is 7.32. The van der Waals surface area contributed by atoms with Gasteiger partial charge in [0.25, 0.3) is 0 Å². The van der Waals surface area contributed by atoms with Crippen molar-refractivity contribution in [3.63, 3.8) is 0 Å². The number of hydrogen-bond donors (Lipinski definition) is 0. The first kappa shape index (κ1) is 15.6. The Bertz CT molecular complexity index is 240. The summed E-state index contributed by atoms with van der Waals surface area (Å²) in [6.07, 6.45) is 22.2. The third-order valence-corrected chi connectivity index (χ3v) is 15.0. The van der Waals surface area contributed by atoms with E-state index >= 15 is 0 Å². The minimum atomic E-state index is -1.57. The molecule has 0 aromatic heterocycles. The van der Waals surface area contributed by atoms with Crippen LogP contribution in [0.2, 0.25) is 0 Å². The summed E-state index contributed by atoms with van der Waals surface area (Å²) < 4.78 is 0. The molecule has 0 saturated heterocycles. The molecule has 0 unspecified atom stereocenters. The first-order valence-electron chi connectivity index (χ1n) is 9.50. The van der Waals surface area contributed by atoms with Gasteiger partial charge in [-0.25, -0.2) is 0 Å². The molecule has 3 fully saturated rings. The molecule has 0 aliphatic heterocycles. The Hall–Kier alpha value is 0.720. The Morgan fingerprint density at radius 1 is 0.450 bits per heavy atom. The molecular weight excluding hydrogens is 283 g/mol. The van der Waals surface area contributed by atoms with Crippen LogP contribution in [0.3, 0.4) is 0 Å². The number of rotatable bonds is 3. The average molecular weight is 317 g/mol. The van der Waals surface area contributed by atoms with E-state index in [1.54, 1.807) is 0 Å². The Kier molecular flexibility index (Phi) is 5.72. The van der Waals surface area contributed by atoms with Crippen molar-refractivity contribution in [2.75, 3.05) is 0 Å². The number of hydrogen-bond acceptors (Lipinski definition) is 0. The fourth-order valence-corrected chi connectivity index (χ4v) is 13.5. The second-order valence-electron chi connectivity index (χ2n) is 7.83. The van der Waals surface area contributed by atoms with Crippen molar-refractivity contribution in [3.8, 4) is 0 Å². The van der Waals surface area contributed by atoms with Gasteiger partial charge in [-0.1, -0.05) is 0 Å². The molecular formula is C18H34ClP. The van der Waals surface area contributed by atoms with Crippen LogP contribution in [-0.4, -0.2) is 17.0 Å². The van der Waals surface area contributed by atoms with Gasteiger partial charge in [-0.3, -0.25) is 0 Å². The van der Waals surface area contributed by atoms with E-state index in [4.69, 9.17) is 11.2 Å². The first-order valence-corrected chi connectivity index (χ1v) is 12.7. The van der Waals surface area contributed by atoms with Crippen LogP contribution >= 0.6 is 17.9 Å². The molecule has 0 nitrogen and oxygen atoms in total. The van der Waals surface area contributed by atoms with Crippen LogP contribution in [0, 0.1) is 0 Å². The predicted octanol–water partition coefficient (Wildman–Crippen LogP) is 6.89. The second-order valence-corrected chi connectivity index (χ2v) is 13.9. The van der Waals surface area contributed by atoms with Gasteiger partial charge in [0.05, 0.1) is 0 Å². The fourth-order valence-electron chi connectivity index (χ4n) is 5.64. The molecule has 0 radical (unpaired) electrons. The van der Waals surface area contributed by atoms with Crippen molar-refractivity contribution < 1.29 is 0 Å². The quantitative estimate of drug-likeness (QED) is 0.497. The SMILES string of the molecule is Cl[PH](C1CCCCC1)(C1CCCCC1)C1CCCCC1. The third-order valence-electron chi connectivity index (χ3n) is 6.69. The van der Waals surface area contributed by atoms with Crippen LogP contribution < -0.4 is 0 Å². The van der Waals surface area contributed by atoms with Crippen molar-refractivity contribution in [1.82, 2.24) is 0 Å². The Morgan fingerprint density at radius 3 is 0.950 bits per heavy atom. The van der Waals surface area contributed by atoms with Gasteiger partial charge in [-0.05, 0) is 0 Å². The van der Waals surface area contributed by atoms with Crippen molar-refractivity contribution in [2.45, 2.75) is 113 Å². The first-order chi connectivity index (χ1) is 9.82. The van der Waals surface area contributed by atoms with Gasteiger partial charge in [0.1, 0.15) is 0 Å². The summed E-state index contributed by atoms with van der Waals surface area (Å²) in [5, 5.41) is 0. The zero-order valence-corrected chi connectivity index (χ0v) is 15.0. The molecule has 0 amide bonds. The summed E-state index contributed by atoms with van der Waals surface area (Å²) in [7, 11) is 0. The van der Waals surface area contributed by atoms with E-state index in [1.165, 1.54) is 96.3 Å². The van der Waals surface area contributed by atoms with E-state index in [2.05, 4.69) is 0 Å². The minimum absolute atomic E-state index is 0.976. The van der Waals surface area contributed by atoms with Crippen LogP contribution in [-0.2, 0) is 0 Å². The van der Waals surface area contributed by atoms with E-state index in [-0.39, 0.29) is 0 Å². The molecule has 3 rings (SSSR count). The van der Waals surface area contributed by atoms with Gasteiger partial charge >= 0.3 is 131 Å². The van der Waals surface area contributed by atoms with Crippen molar-refractivity contribution in [3.05, 3.63) is 0 Å². The van der Waals surface area contributed by atoms with Gasteiger partial charge in [0.15, 0.2) is 0 Å². The maximum atomic E-state index is 7.71. The van der Waals surface area contributed by atoms with Crippen molar-refractivity contribution in [2.24, 2.45) is 0 Å². The molecule has 0 N–H and O–H groups in total. The van der Waals surface area contributed by atoms with Crippen LogP contribution in [0.1, 0.15) is 96.3 Å². The molecule has 3 aliphatic rings. The van der Waals surface area contributed by atoms with Gasteiger partial charge in [0, 0.05) is 0 Å². The normalized spacial score (nSPS) is 29.4. The van der Waals surface area contributed by atoms with Crippen LogP contribution in [0.15, 0.2) is 0 Å². The molecule has 2 heteroatoms. The van der Waals surface area contributed by atoms with Gasteiger partial charge in [0.2, 0.25) is 0 Å². The topological polar surface area (TPSA) is 0 Å².